The Labute approximate surface area is 69.3 Å². The fourth-order valence-electron chi connectivity index (χ4n) is 1.14. The van der Waals surface area contributed by atoms with Crippen molar-refractivity contribution in [1.82, 2.24) is 0 Å². The first-order valence-electron chi connectivity index (χ1n) is 4.46. The zero-order valence-electron chi connectivity index (χ0n) is 7.22. The fraction of sp³-hybridized carbons (Fsp3) is 0.455. The van der Waals surface area contributed by atoms with Crippen LogP contribution in [0.25, 0.3) is 0 Å². The summed E-state index contributed by atoms with van der Waals surface area (Å²) in [5.41, 5.74) is 1.38. The van der Waals surface area contributed by atoms with Crippen molar-refractivity contribution >= 4 is 0 Å². The van der Waals surface area contributed by atoms with Gasteiger partial charge >= 0.3 is 0 Å². The molecule has 0 heterocycles. The van der Waals surface area contributed by atoms with Gasteiger partial charge in [-0.25, -0.2) is 0 Å². The summed E-state index contributed by atoms with van der Waals surface area (Å²) in [4.78, 5) is 0. The lowest BCUT2D eigenvalue weighted by Crippen LogP contribution is -1.68. The van der Waals surface area contributed by atoms with Gasteiger partial charge in [0.1, 0.15) is 0 Å². The third kappa shape index (κ3) is 3.22. The zero-order chi connectivity index (χ0) is 7.94. The number of hydrogen-bond acceptors (Lipinski definition) is 0. The largest absolute Gasteiger partial charge is 0.0840 e. The highest BCUT2D eigenvalue weighted by Crippen LogP contribution is 2.10. The van der Waals surface area contributed by atoms with Crippen molar-refractivity contribution in [3.05, 3.63) is 36.0 Å². The van der Waals surface area contributed by atoms with Crippen molar-refractivity contribution in [2.24, 2.45) is 0 Å². The van der Waals surface area contributed by atoms with Gasteiger partial charge in [-0.3, -0.25) is 0 Å². The van der Waals surface area contributed by atoms with Gasteiger partial charge in [0.25, 0.3) is 0 Å². The minimum Gasteiger partial charge on any atom is -0.0840 e. The maximum Gasteiger partial charge on any atom is -0.0157 e. The van der Waals surface area contributed by atoms with Gasteiger partial charge in [-0.05, 0) is 18.4 Å². The summed E-state index contributed by atoms with van der Waals surface area (Å²) in [7, 11) is 0. The Balaban J connectivity index is 2.18. The van der Waals surface area contributed by atoms with Crippen molar-refractivity contribution in [3.8, 4) is 0 Å². The zero-order valence-corrected chi connectivity index (χ0v) is 7.22. The molecule has 0 nitrogen and oxygen atoms in total. The Bertz CT molecular complexity index is 182. The van der Waals surface area contributed by atoms with Crippen molar-refractivity contribution in [1.29, 1.82) is 0 Å². The molecule has 0 aliphatic heterocycles. The van der Waals surface area contributed by atoms with E-state index in [4.69, 9.17) is 0 Å². The van der Waals surface area contributed by atoms with Crippen LogP contribution in [-0.2, 0) is 0 Å². The van der Waals surface area contributed by atoms with Crippen LogP contribution in [0.4, 0.5) is 0 Å². The lowest BCUT2D eigenvalue weighted by molar-refractivity contribution is 0.814. The molecule has 0 aromatic heterocycles. The van der Waals surface area contributed by atoms with Gasteiger partial charge in [-0.1, -0.05) is 50.1 Å². The molecular weight excluding hydrogens is 132 g/mol. The van der Waals surface area contributed by atoms with Crippen LogP contribution in [0.5, 0.6) is 0 Å². The van der Waals surface area contributed by atoms with Crippen LogP contribution >= 0.6 is 0 Å². The van der Waals surface area contributed by atoms with E-state index in [0.717, 1.165) is 6.42 Å². The smallest absolute Gasteiger partial charge is 0.0157 e. The highest BCUT2D eigenvalue weighted by atomic mass is 14.0. The monoisotopic (exact) mass is 148 g/mol. The standard InChI is InChI=1S/C11H16/c1-2-3-4-5-8-11-9-6-7-10-11/h5-6,8-10H,2-4,7H2,1H3. The van der Waals surface area contributed by atoms with E-state index in [2.05, 4.69) is 37.3 Å². The Morgan fingerprint density at radius 1 is 1.55 bits per heavy atom. The first-order chi connectivity index (χ1) is 5.43. The second-order valence-corrected chi connectivity index (χ2v) is 2.89. The van der Waals surface area contributed by atoms with E-state index in [9.17, 15) is 0 Å². The van der Waals surface area contributed by atoms with Gasteiger partial charge in [-0.2, -0.15) is 0 Å². The van der Waals surface area contributed by atoms with Crippen molar-refractivity contribution < 1.29 is 0 Å². The fourth-order valence-corrected chi connectivity index (χ4v) is 1.14. The molecule has 0 bridgehead atoms. The molecule has 11 heavy (non-hydrogen) atoms. The minimum atomic E-state index is 1.12. The molecule has 0 N–H and O–H groups in total. The number of hydrogen-bond donors (Lipinski definition) is 0. The summed E-state index contributed by atoms with van der Waals surface area (Å²) in [6.45, 7) is 2.22. The molecule has 0 amide bonds. The maximum absolute atomic E-state index is 2.27. The molecule has 0 unspecified atom stereocenters. The molecule has 0 heteroatoms. The first-order valence-corrected chi connectivity index (χ1v) is 4.46. The summed E-state index contributed by atoms with van der Waals surface area (Å²) in [5, 5.41) is 0. The predicted molar refractivity (Wildman–Crippen MR) is 50.5 cm³/mol. The van der Waals surface area contributed by atoms with E-state index in [0.29, 0.717) is 0 Å². The number of rotatable bonds is 4. The average molecular weight is 148 g/mol. The van der Waals surface area contributed by atoms with Crippen LogP contribution in [0.15, 0.2) is 36.0 Å². The highest BCUT2D eigenvalue weighted by molar-refractivity contribution is 5.35. The van der Waals surface area contributed by atoms with Crippen LogP contribution in [0.2, 0.25) is 0 Å². The highest BCUT2D eigenvalue weighted by Gasteiger charge is 1.90. The van der Waals surface area contributed by atoms with E-state index in [1.165, 1.54) is 24.8 Å². The second kappa shape index (κ2) is 4.95. The third-order valence-corrected chi connectivity index (χ3v) is 1.83. The lowest BCUT2D eigenvalue weighted by Gasteiger charge is -1.88. The number of unbranched alkanes of at least 4 members (excludes halogenated alkanes) is 2. The van der Waals surface area contributed by atoms with Gasteiger partial charge in [0.05, 0.1) is 0 Å². The molecular formula is C11H16. The predicted octanol–water partition coefficient (Wildman–Crippen LogP) is 3.62. The van der Waals surface area contributed by atoms with Gasteiger partial charge in [0.15, 0.2) is 0 Å². The molecule has 0 saturated carbocycles. The molecule has 0 atom stereocenters. The number of allylic oxidation sites excluding steroid dienone is 6. The van der Waals surface area contributed by atoms with Crippen LogP contribution in [-0.4, -0.2) is 0 Å². The SMILES string of the molecule is CCCCC=CC1=CCC=C1. The molecule has 0 fully saturated rings. The molecule has 0 saturated heterocycles. The van der Waals surface area contributed by atoms with E-state index < -0.39 is 0 Å². The van der Waals surface area contributed by atoms with E-state index in [1.807, 2.05) is 0 Å². The molecule has 60 valence electrons. The Hall–Kier alpha value is -0.780. The van der Waals surface area contributed by atoms with Crippen molar-refractivity contribution in [3.63, 3.8) is 0 Å². The lowest BCUT2D eigenvalue weighted by atomic mass is 10.2. The molecule has 0 spiro atoms. The van der Waals surface area contributed by atoms with Crippen LogP contribution < -0.4 is 0 Å². The summed E-state index contributed by atoms with van der Waals surface area (Å²) in [6.07, 6.45) is 16.1. The van der Waals surface area contributed by atoms with E-state index in [-0.39, 0.29) is 0 Å². The normalized spacial score (nSPS) is 16.3. The summed E-state index contributed by atoms with van der Waals surface area (Å²) in [6, 6.07) is 0. The molecule has 1 aliphatic carbocycles. The summed E-state index contributed by atoms with van der Waals surface area (Å²) in [5.74, 6) is 0. The Morgan fingerprint density at radius 3 is 3.09 bits per heavy atom. The Morgan fingerprint density at radius 2 is 2.45 bits per heavy atom. The van der Waals surface area contributed by atoms with Gasteiger partial charge < -0.3 is 0 Å². The quantitative estimate of drug-likeness (QED) is 0.534. The van der Waals surface area contributed by atoms with Gasteiger partial charge in [0, 0.05) is 0 Å². The summed E-state index contributed by atoms with van der Waals surface area (Å²) >= 11 is 0. The Kier molecular flexibility index (Phi) is 3.74. The topological polar surface area (TPSA) is 0 Å². The molecule has 0 radical (unpaired) electrons. The van der Waals surface area contributed by atoms with Crippen LogP contribution in [0.3, 0.4) is 0 Å². The third-order valence-electron chi connectivity index (χ3n) is 1.83. The minimum absolute atomic E-state index is 1.12. The van der Waals surface area contributed by atoms with Gasteiger partial charge in [0.2, 0.25) is 0 Å². The molecule has 0 aromatic rings. The van der Waals surface area contributed by atoms with Crippen molar-refractivity contribution in [2.45, 2.75) is 32.6 Å². The van der Waals surface area contributed by atoms with E-state index in [1.54, 1.807) is 0 Å². The van der Waals surface area contributed by atoms with E-state index >= 15 is 0 Å². The average Bonchev–Trinajstić information content (AvgIpc) is 2.50. The van der Waals surface area contributed by atoms with Crippen LogP contribution in [0, 0.1) is 0 Å². The molecule has 1 aliphatic rings. The first kappa shape index (κ1) is 8.32. The maximum atomic E-state index is 2.27. The second-order valence-electron chi connectivity index (χ2n) is 2.89. The molecule has 0 aromatic carbocycles. The van der Waals surface area contributed by atoms with Gasteiger partial charge in [-0.15, -0.1) is 0 Å². The summed E-state index contributed by atoms with van der Waals surface area (Å²) < 4.78 is 0. The van der Waals surface area contributed by atoms with Crippen LogP contribution in [0.1, 0.15) is 32.6 Å². The van der Waals surface area contributed by atoms with Crippen molar-refractivity contribution in [2.75, 3.05) is 0 Å². The molecule has 1 rings (SSSR count).